The van der Waals surface area contributed by atoms with E-state index in [0.29, 0.717) is 17.9 Å². The average molecular weight is 269 g/mol. The second-order valence-corrected chi connectivity index (χ2v) is 4.14. The highest BCUT2D eigenvalue weighted by molar-refractivity contribution is 6.01. The molecule has 5 heteroatoms. The molecule has 0 aliphatic carbocycles. The Morgan fingerprint density at radius 3 is 2.25 bits per heavy atom. The quantitative estimate of drug-likeness (QED) is 0.652. The van der Waals surface area contributed by atoms with Gasteiger partial charge < -0.3 is 16.2 Å². The van der Waals surface area contributed by atoms with E-state index in [1.807, 2.05) is 30.3 Å². The zero-order valence-corrected chi connectivity index (χ0v) is 10.8. The summed E-state index contributed by atoms with van der Waals surface area (Å²) in [6.45, 7) is 0.474. The SMILES string of the molecule is NC(N)=NC(=O)c1ccc(OCc2ccccc2)cc1. The van der Waals surface area contributed by atoms with Crippen molar-refractivity contribution < 1.29 is 9.53 Å². The number of hydrogen-bond acceptors (Lipinski definition) is 2. The summed E-state index contributed by atoms with van der Waals surface area (Å²) in [7, 11) is 0. The molecule has 5 nitrogen and oxygen atoms in total. The Morgan fingerprint density at radius 2 is 1.65 bits per heavy atom. The third kappa shape index (κ3) is 3.84. The summed E-state index contributed by atoms with van der Waals surface area (Å²) in [4.78, 5) is 15.0. The maximum atomic E-state index is 11.6. The van der Waals surface area contributed by atoms with Crippen LogP contribution in [0.15, 0.2) is 59.6 Å². The van der Waals surface area contributed by atoms with Crippen LogP contribution in [0.5, 0.6) is 5.75 Å². The van der Waals surface area contributed by atoms with E-state index in [0.717, 1.165) is 5.56 Å². The molecular weight excluding hydrogens is 254 g/mol. The van der Waals surface area contributed by atoms with Gasteiger partial charge in [0.2, 0.25) is 0 Å². The molecule has 4 N–H and O–H groups in total. The van der Waals surface area contributed by atoms with Crippen molar-refractivity contribution in [2.75, 3.05) is 0 Å². The van der Waals surface area contributed by atoms with E-state index in [4.69, 9.17) is 16.2 Å². The summed E-state index contributed by atoms with van der Waals surface area (Å²) in [6.07, 6.45) is 0. The Morgan fingerprint density at radius 1 is 1.00 bits per heavy atom. The van der Waals surface area contributed by atoms with Gasteiger partial charge in [0.1, 0.15) is 12.4 Å². The Hall–Kier alpha value is -2.82. The molecular formula is C15H15N3O2. The molecule has 0 saturated heterocycles. The van der Waals surface area contributed by atoms with Crippen molar-refractivity contribution in [3.8, 4) is 5.75 Å². The first kappa shape index (κ1) is 13.6. The summed E-state index contributed by atoms with van der Waals surface area (Å²) < 4.78 is 5.61. The fraction of sp³-hybridized carbons (Fsp3) is 0.0667. The van der Waals surface area contributed by atoms with Gasteiger partial charge in [0, 0.05) is 5.56 Å². The van der Waals surface area contributed by atoms with Crippen molar-refractivity contribution >= 4 is 11.9 Å². The lowest BCUT2D eigenvalue weighted by Crippen LogP contribution is -2.24. The van der Waals surface area contributed by atoms with Gasteiger partial charge in [-0.3, -0.25) is 4.79 Å². The number of nitrogens with zero attached hydrogens (tertiary/aromatic N) is 1. The van der Waals surface area contributed by atoms with Crippen LogP contribution < -0.4 is 16.2 Å². The van der Waals surface area contributed by atoms with Crippen molar-refractivity contribution in [3.05, 3.63) is 65.7 Å². The van der Waals surface area contributed by atoms with Crippen molar-refractivity contribution in [1.82, 2.24) is 0 Å². The number of aliphatic imine (C=N–C) groups is 1. The lowest BCUT2D eigenvalue weighted by Gasteiger charge is -2.06. The topological polar surface area (TPSA) is 90.7 Å². The standard InChI is InChI=1S/C15H15N3O2/c16-15(17)18-14(19)12-6-8-13(9-7-12)20-10-11-4-2-1-3-5-11/h1-9H,10H2,(H4,16,17,18,19). The predicted molar refractivity (Wildman–Crippen MR) is 77.4 cm³/mol. The summed E-state index contributed by atoms with van der Waals surface area (Å²) in [5.74, 6) is -0.0471. The minimum atomic E-state index is -0.473. The zero-order valence-electron chi connectivity index (χ0n) is 10.8. The van der Waals surface area contributed by atoms with Crippen molar-refractivity contribution in [2.45, 2.75) is 6.61 Å². The summed E-state index contributed by atoms with van der Waals surface area (Å²) in [6, 6.07) is 16.5. The molecule has 0 heterocycles. The number of amides is 1. The lowest BCUT2D eigenvalue weighted by molar-refractivity contribution is 0.100. The Labute approximate surface area is 116 Å². The number of ether oxygens (including phenoxy) is 1. The molecule has 0 fully saturated rings. The van der Waals surface area contributed by atoms with Gasteiger partial charge in [-0.2, -0.15) is 4.99 Å². The first-order valence-electron chi connectivity index (χ1n) is 6.06. The highest BCUT2D eigenvalue weighted by Crippen LogP contribution is 2.14. The third-order valence-corrected chi connectivity index (χ3v) is 2.58. The van der Waals surface area contributed by atoms with Crippen LogP contribution >= 0.6 is 0 Å². The minimum Gasteiger partial charge on any atom is -0.489 e. The van der Waals surface area contributed by atoms with Crippen LogP contribution in [0, 0.1) is 0 Å². The number of nitrogens with two attached hydrogens (primary N) is 2. The zero-order chi connectivity index (χ0) is 14.4. The van der Waals surface area contributed by atoms with E-state index in [1.165, 1.54) is 0 Å². The molecule has 0 radical (unpaired) electrons. The number of benzene rings is 2. The van der Waals surface area contributed by atoms with Crippen LogP contribution in [0.3, 0.4) is 0 Å². The second-order valence-electron chi connectivity index (χ2n) is 4.14. The predicted octanol–water partition coefficient (Wildman–Crippen LogP) is 1.68. The van der Waals surface area contributed by atoms with Gasteiger partial charge in [0.25, 0.3) is 5.91 Å². The molecule has 0 aromatic heterocycles. The Kier molecular flexibility index (Phi) is 4.34. The Bertz CT molecular complexity index is 603. The van der Waals surface area contributed by atoms with Crippen LogP contribution in [0.1, 0.15) is 15.9 Å². The van der Waals surface area contributed by atoms with E-state index >= 15 is 0 Å². The van der Waals surface area contributed by atoms with E-state index in [-0.39, 0.29) is 5.96 Å². The molecule has 0 spiro atoms. The summed E-state index contributed by atoms with van der Waals surface area (Å²) >= 11 is 0. The molecule has 2 aromatic rings. The van der Waals surface area contributed by atoms with Crippen LogP contribution in [0.4, 0.5) is 0 Å². The number of rotatable bonds is 4. The van der Waals surface area contributed by atoms with Gasteiger partial charge in [-0.1, -0.05) is 30.3 Å². The first-order chi connectivity index (χ1) is 9.65. The molecule has 102 valence electrons. The minimum absolute atomic E-state index is 0.251. The van der Waals surface area contributed by atoms with Crippen LogP contribution in [0.25, 0.3) is 0 Å². The second kappa shape index (κ2) is 6.38. The lowest BCUT2D eigenvalue weighted by atomic mass is 10.2. The molecule has 0 aliphatic rings. The highest BCUT2D eigenvalue weighted by Gasteiger charge is 2.04. The summed E-state index contributed by atoms with van der Waals surface area (Å²) in [5, 5.41) is 0. The van der Waals surface area contributed by atoms with Crippen molar-refractivity contribution in [1.29, 1.82) is 0 Å². The summed E-state index contributed by atoms with van der Waals surface area (Å²) in [5.41, 5.74) is 11.8. The molecule has 2 aromatic carbocycles. The highest BCUT2D eigenvalue weighted by atomic mass is 16.5. The van der Waals surface area contributed by atoms with Gasteiger partial charge in [-0.05, 0) is 29.8 Å². The van der Waals surface area contributed by atoms with Crippen molar-refractivity contribution in [3.63, 3.8) is 0 Å². The molecule has 1 amide bonds. The van der Waals surface area contributed by atoms with Gasteiger partial charge in [-0.15, -0.1) is 0 Å². The largest absolute Gasteiger partial charge is 0.489 e. The average Bonchev–Trinajstić information content (AvgIpc) is 2.46. The van der Waals surface area contributed by atoms with Gasteiger partial charge in [0.15, 0.2) is 5.96 Å². The fourth-order valence-electron chi connectivity index (χ4n) is 1.62. The molecule has 0 atom stereocenters. The van der Waals surface area contributed by atoms with Crippen molar-refractivity contribution in [2.24, 2.45) is 16.5 Å². The molecule has 0 unspecified atom stereocenters. The fourth-order valence-corrected chi connectivity index (χ4v) is 1.62. The smallest absolute Gasteiger partial charge is 0.280 e. The number of carbonyl (C=O) groups excluding carboxylic acids is 1. The number of hydrogen-bond donors (Lipinski definition) is 2. The van der Waals surface area contributed by atoms with E-state index < -0.39 is 5.91 Å². The van der Waals surface area contributed by atoms with E-state index in [9.17, 15) is 4.79 Å². The molecule has 0 saturated carbocycles. The van der Waals surface area contributed by atoms with Crippen LogP contribution in [-0.4, -0.2) is 11.9 Å². The van der Waals surface area contributed by atoms with Crippen LogP contribution in [-0.2, 0) is 6.61 Å². The molecule has 2 rings (SSSR count). The molecule has 0 bridgehead atoms. The normalized spacial score (nSPS) is 9.80. The molecule has 0 aliphatic heterocycles. The Balaban J connectivity index is 1.98. The number of carbonyl (C=O) groups is 1. The first-order valence-corrected chi connectivity index (χ1v) is 6.06. The number of guanidine groups is 1. The molecule has 20 heavy (non-hydrogen) atoms. The maximum Gasteiger partial charge on any atom is 0.280 e. The maximum absolute atomic E-state index is 11.6. The van der Waals surface area contributed by atoms with Crippen LogP contribution in [0.2, 0.25) is 0 Å². The van der Waals surface area contributed by atoms with Gasteiger partial charge in [0.05, 0.1) is 0 Å². The van der Waals surface area contributed by atoms with E-state index in [1.54, 1.807) is 24.3 Å². The van der Waals surface area contributed by atoms with Gasteiger partial charge >= 0.3 is 0 Å². The third-order valence-electron chi connectivity index (χ3n) is 2.58. The van der Waals surface area contributed by atoms with E-state index in [2.05, 4.69) is 4.99 Å². The van der Waals surface area contributed by atoms with Gasteiger partial charge in [-0.25, -0.2) is 0 Å². The monoisotopic (exact) mass is 269 g/mol.